The van der Waals surface area contributed by atoms with Crippen molar-refractivity contribution in [3.63, 3.8) is 0 Å². The van der Waals surface area contributed by atoms with Gasteiger partial charge in [-0.2, -0.15) is 0 Å². The van der Waals surface area contributed by atoms with E-state index in [0.29, 0.717) is 5.95 Å². The van der Waals surface area contributed by atoms with Gasteiger partial charge in [0.05, 0.1) is 27.8 Å². The summed E-state index contributed by atoms with van der Waals surface area (Å²) in [5.74, 6) is 0.702. The highest BCUT2D eigenvalue weighted by Crippen LogP contribution is 2.40. The minimum absolute atomic E-state index is 0.702. The number of aromatic nitrogens is 4. The largest absolute Gasteiger partial charge is 0.353 e. The maximum absolute atomic E-state index is 5.59. The Bertz CT molecular complexity index is 2680. The number of benzene rings is 6. The lowest BCUT2D eigenvalue weighted by atomic mass is 10.0. The number of hydrogen-bond donors (Lipinski definition) is 1. The maximum Gasteiger partial charge on any atom is 0.235 e. The molecule has 0 saturated carbocycles. The van der Waals surface area contributed by atoms with Crippen molar-refractivity contribution < 1.29 is 0 Å². The summed E-state index contributed by atoms with van der Waals surface area (Å²) < 4.78 is 2.30. The minimum atomic E-state index is -2.06. The monoisotopic (exact) mass is 592 g/mol. The zero-order chi connectivity index (χ0) is 29.9. The summed E-state index contributed by atoms with van der Waals surface area (Å²) in [4.78, 5) is 14.8. The van der Waals surface area contributed by atoms with E-state index in [1.807, 2.05) is 0 Å². The summed E-state index contributed by atoms with van der Waals surface area (Å²) in [6.45, 7) is 4.94. The summed E-state index contributed by atoms with van der Waals surface area (Å²) in [5.41, 5.74) is 10.2. The zero-order valence-electron chi connectivity index (χ0n) is 25.0. The Morgan fingerprint density at radius 2 is 1.29 bits per heavy atom. The molecule has 0 unspecified atom stereocenters. The van der Waals surface area contributed by atoms with Gasteiger partial charge >= 0.3 is 0 Å². The Morgan fingerprint density at radius 3 is 2.18 bits per heavy atom. The van der Waals surface area contributed by atoms with Crippen molar-refractivity contribution in [3.8, 4) is 28.3 Å². The Kier molecular flexibility index (Phi) is 4.85. The smallest absolute Gasteiger partial charge is 0.235 e. The minimum Gasteiger partial charge on any atom is -0.353 e. The molecular formula is C40H28N4Si. The van der Waals surface area contributed by atoms with Crippen LogP contribution in [0.25, 0.3) is 82.8 Å². The molecule has 0 amide bonds. The molecule has 0 radical (unpaired) electrons. The van der Waals surface area contributed by atoms with Gasteiger partial charge in [0.2, 0.25) is 5.95 Å². The number of nitrogens with zero attached hydrogens (tertiary/aromatic N) is 3. The van der Waals surface area contributed by atoms with Gasteiger partial charge in [-0.1, -0.05) is 122 Å². The first-order valence-corrected chi connectivity index (χ1v) is 18.5. The molecule has 1 aliphatic heterocycles. The molecule has 212 valence electrons. The first-order valence-electron chi connectivity index (χ1n) is 15.5. The number of rotatable bonds is 2. The Hall–Kier alpha value is -5.52. The summed E-state index contributed by atoms with van der Waals surface area (Å²) in [7, 11) is -2.06. The molecule has 1 aliphatic rings. The van der Waals surface area contributed by atoms with Crippen molar-refractivity contribution in [2.75, 3.05) is 0 Å². The lowest BCUT2D eigenvalue weighted by molar-refractivity contribution is 1.02. The van der Waals surface area contributed by atoms with E-state index in [4.69, 9.17) is 9.97 Å². The van der Waals surface area contributed by atoms with Gasteiger partial charge in [-0.15, -0.1) is 0 Å². The van der Waals surface area contributed by atoms with Gasteiger partial charge in [0.15, 0.2) is 0 Å². The van der Waals surface area contributed by atoms with Gasteiger partial charge in [-0.05, 0) is 39.7 Å². The highest BCUT2D eigenvalue weighted by atomic mass is 28.3. The zero-order valence-corrected chi connectivity index (χ0v) is 26.0. The Labute approximate surface area is 260 Å². The van der Waals surface area contributed by atoms with E-state index in [0.717, 1.165) is 44.2 Å². The maximum atomic E-state index is 5.59. The fraction of sp³-hybridized carbons (Fsp3) is 0.0500. The van der Waals surface area contributed by atoms with Crippen molar-refractivity contribution >= 4 is 73.0 Å². The van der Waals surface area contributed by atoms with Crippen molar-refractivity contribution in [2.24, 2.45) is 0 Å². The van der Waals surface area contributed by atoms with E-state index in [9.17, 15) is 0 Å². The SMILES string of the molecule is C[Si]1(C)c2ccccc2-c2ccc3c(-c4ccccc4)nc(-n4c5ccccc5c5ccc6c7ccccc7[nH]c6c54)nc3c21. The van der Waals surface area contributed by atoms with E-state index in [-0.39, 0.29) is 0 Å². The van der Waals surface area contributed by atoms with Gasteiger partial charge in [-0.25, -0.2) is 9.97 Å². The average molecular weight is 593 g/mol. The summed E-state index contributed by atoms with van der Waals surface area (Å²) in [6.07, 6.45) is 0. The lowest BCUT2D eigenvalue weighted by Crippen LogP contribution is -2.49. The summed E-state index contributed by atoms with van der Waals surface area (Å²) in [6, 6.07) is 45.8. The molecule has 0 bridgehead atoms. The van der Waals surface area contributed by atoms with Crippen LogP contribution >= 0.6 is 0 Å². The van der Waals surface area contributed by atoms with E-state index in [1.54, 1.807) is 0 Å². The Balaban J connectivity index is 1.40. The van der Waals surface area contributed by atoms with Crippen molar-refractivity contribution in [1.82, 2.24) is 19.5 Å². The second-order valence-corrected chi connectivity index (χ2v) is 17.0. The Morgan fingerprint density at radius 1 is 0.578 bits per heavy atom. The van der Waals surface area contributed by atoms with E-state index >= 15 is 0 Å². The third-order valence-electron chi connectivity index (χ3n) is 9.93. The molecule has 0 atom stereocenters. The molecule has 0 saturated heterocycles. The van der Waals surface area contributed by atoms with Crippen molar-refractivity contribution in [3.05, 3.63) is 127 Å². The fourth-order valence-corrected chi connectivity index (χ4v) is 11.3. The second kappa shape index (κ2) is 8.77. The number of para-hydroxylation sites is 2. The first-order chi connectivity index (χ1) is 22.1. The summed E-state index contributed by atoms with van der Waals surface area (Å²) in [5, 5.41) is 8.79. The third-order valence-corrected chi connectivity index (χ3v) is 13.5. The molecule has 0 fully saturated rings. The normalized spacial score (nSPS) is 13.7. The number of nitrogens with one attached hydrogen (secondary N) is 1. The van der Waals surface area contributed by atoms with Crippen LogP contribution < -0.4 is 10.4 Å². The molecule has 0 spiro atoms. The molecule has 0 aliphatic carbocycles. The molecule has 6 aromatic carbocycles. The van der Waals surface area contributed by atoms with E-state index in [1.165, 1.54) is 43.0 Å². The summed E-state index contributed by atoms with van der Waals surface area (Å²) >= 11 is 0. The molecule has 9 aromatic rings. The van der Waals surface area contributed by atoms with Gasteiger partial charge in [0.25, 0.3) is 0 Å². The lowest BCUT2D eigenvalue weighted by Gasteiger charge is -2.21. The number of fused-ring (bicyclic) bond motifs is 12. The van der Waals surface area contributed by atoms with Crippen LogP contribution in [0.5, 0.6) is 0 Å². The van der Waals surface area contributed by atoms with E-state index < -0.39 is 8.07 Å². The quantitative estimate of drug-likeness (QED) is 0.204. The molecule has 45 heavy (non-hydrogen) atoms. The highest BCUT2D eigenvalue weighted by Gasteiger charge is 2.39. The predicted octanol–water partition coefficient (Wildman–Crippen LogP) is 8.83. The molecular weight excluding hydrogens is 565 g/mol. The number of aromatic amines is 1. The van der Waals surface area contributed by atoms with Gasteiger partial charge in [0, 0.05) is 38.0 Å². The van der Waals surface area contributed by atoms with Crippen LogP contribution in [-0.4, -0.2) is 27.6 Å². The van der Waals surface area contributed by atoms with Crippen molar-refractivity contribution in [2.45, 2.75) is 13.1 Å². The average Bonchev–Trinajstić information content (AvgIpc) is 3.71. The molecule has 4 heterocycles. The number of hydrogen-bond acceptors (Lipinski definition) is 2. The number of H-pyrrole nitrogens is 1. The van der Waals surface area contributed by atoms with Crippen molar-refractivity contribution in [1.29, 1.82) is 0 Å². The second-order valence-electron chi connectivity index (χ2n) is 12.7. The van der Waals surface area contributed by atoms with Crippen LogP contribution in [0, 0.1) is 0 Å². The molecule has 10 rings (SSSR count). The van der Waals surface area contributed by atoms with Crippen LogP contribution in [0.3, 0.4) is 0 Å². The fourth-order valence-electron chi connectivity index (χ4n) is 7.93. The highest BCUT2D eigenvalue weighted by molar-refractivity contribution is 7.05. The van der Waals surface area contributed by atoms with Gasteiger partial charge in [-0.3, -0.25) is 4.57 Å². The van der Waals surface area contributed by atoms with Crippen LogP contribution in [0.2, 0.25) is 13.1 Å². The van der Waals surface area contributed by atoms with Gasteiger partial charge < -0.3 is 4.98 Å². The standard InChI is InChI=1S/C40H28N4Si/c1-45(2)34-19-11-8-16-27(34)30-22-23-31-35(24-12-4-3-5-13-24)42-40(43-37(31)39(30)45)44-33-18-10-7-15-26(33)29-21-20-28-25-14-6-9-17-32(25)41-36(28)38(29)44/h3-23,41H,1-2H3. The van der Waals surface area contributed by atoms with Crippen LogP contribution in [0.1, 0.15) is 0 Å². The predicted molar refractivity (Wildman–Crippen MR) is 191 cm³/mol. The molecule has 3 aromatic heterocycles. The molecule has 5 heteroatoms. The van der Waals surface area contributed by atoms with Crippen LogP contribution in [-0.2, 0) is 0 Å². The van der Waals surface area contributed by atoms with E-state index in [2.05, 4.69) is 150 Å². The topological polar surface area (TPSA) is 46.5 Å². The first kappa shape index (κ1) is 24.9. The third kappa shape index (κ3) is 3.25. The van der Waals surface area contributed by atoms with Crippen LogP contribution in [0.15, 0.2) is 127 Å². The molecule has 4 nitrogen and oxygen atoms in total. The van der Waals surface area contributed by atoms with Gasteiger partial charge in [0.1, 0.15) is 8.07 Å². The molecule has 1 N–H and O–H groups in total. The van der Waals surface area contributed by atoms with Crippen LogP contribution in [0.4, 0.5) is 0 Å².